The van der Waals surface area contributed by atoms with Gasteiger partial charge < -0.3 is 18.6 Å². The Balaban J connectivity index is 1.32. The van der Waals surface area contributed by atoms with Gasteiger partial charge in [-0.3, -0.25) is 9.59 Å². The first-order valence-electron chi connectivity index (χ1n) is 11.2. The van der Waals surface area contributed by atoms with Crippen LogP contribution in [-0.4, -0.2) is 30.9 Å². The number of benzene rings is 2. The van der Waals surface area contributed by atoms with Crippen LogP contribution in [0.3, 0.4) is 0 Å². The van der Waals surface area contributed by atoms with Crippen molar-refractivity contribution < 1.29 is 23.4 Å². The summed E-state index contributed by atoms with van der Waals surface area (Å²) in [5.74, 6) is 0.567. The molecule has 0 atom stereocenters. The minimum atomic E-state index is -0.477. The van der Waals surface area contributed by atoms with Crippen LogP contribution < -0.4 is 10.2 Å². The maximum absolute atomic E-state index is 12.5. The third-order valence-electron chi connectivity index (χ3n) is 5.54. The van der Waals surface area contributed by atoms with Crippen molar-refractivity contribution in [2.45, 2.75) is 45.3 Å². The van der Waals surface area contributed by atoms with Crippen LogP contribution >= 0.6 is 39.1 Å². The smallest absolute Gasteiger partial charge is 0.309 e. The molecular formula is C26H25BrCl2O6. The van der Waals surface area contributed by atoms with E-state index in [4.69, 9.17) is 41.8 Å². The molecule has 186 valence electrons. The Morgan fingerprint density at radius 3 is 2.54 bits per heavy atom. The maximum Gasteiger partial charge on any atom is 0.309 e. The zero-order chi connectivity index (χ0) is 25.3. The molecule has 1 aliphatic rings. The molecule has 1 aliphatic carbocycles. The molecule has 2 aromatic carbocycles. The van der Waals surface area contributed by atoms with Crippen LogP contribution in [0.5, 0.6) is 5.75 Å². The van der Waals surface area contributed by atoms with Crippen molar-refractivity contribution in [3.63, 3.8) is 0 Å². The standard InChI is InChI=1S/C26H25BrCl2O6/c1-26(2,3)35-25(31)15-10-16(11-15)32-8-9-33-21-7-4-14(12-19(21)28)22-13-20(30)17-5-6-18(27)23(29)24(17)34-22/h4-7,12-13,15-16H,8-11H2,1-3H3/t15-,16+. The van der Waals surface area contributed by atoms with E-state index in [1.807, 2.05) is 20.8 Å². The number of esters is 1. The van der Waals surface area contributed by atoms with Gasteiger partial charge in [-0.1, -0.05) is 23.2 Å². The van der Waals surface area contributed by atoms with Gasteiger partial charge in [-0.2, -0.15) is 0 Å². The van der Waals surface area contributed by atoms with E-state index in [-0.39, 0.29) is 23.4 Å². The molecule has 1 heterocycles. The second-order valence-corrected chi connectivity index (χ2v) is 11.0. The van der Waals surface area contributed by atoms with Crippen LogP contribution in [0.4, 0.5) is 0 Å². The molecule has 1 saturated carbocycles. The van der Waals surface area contributed by atoms with E-state index in [2.05, 4.69) is 15.9 Å². The van der Waals surface area contributed by atoms with Crippen molar-refractivity contribution in [2.24, 2.45) is 5.92 Å². The highest BCUT2D eigenvalue weighted by Gasteiger charge is 2.37. The van der Waals surface area contributed by atoms with Crippen molar-refractivity contribution in [2.75, 3.05) is 13.2 Å². The predicted molar refractivity (Wildman–Crippen MR) is 139 cm³/mol. The molecule has 0 N–H and O–H groups in total. The molecule has 0 aliphatic heterocycles. The number of carbonyl (C=O) groups excluding carboxylic acids is 1. The quantitative estimate of drug-likeness (QED) is 0.219. The Morgan fingerprint density at radius 1 is 1.11 bits per heavy atom. The molecule has 1 fully saturated rings. The molecule has 4 rings (SSSR count). The van der Waals surface area contributed by atoms with Crippen LogP contribution in [0.15, 0.2) is 50.1 Å². The van der Waals surface area contributed by atoms with Gasteiger partial charge in [0.25, 0.3) is 0 Å². The molecule has 0 amide bonds. The average molecular weight is 584 g/mol. The van der Waals surface area contributed by atoms with Crippen molar-refractivity contribution in [1.82, 2.24) is 0 Å². The van der Waals surface area contributed by atoms with E-state index < -0.39 is 5.60 Å². The van der Waals surface area contributed by atoms with Gasteiger partial charge in [0.1, 0.15) is 23.7 Å². The third kappa shape index (κ3) is 6.20. The molecule has 1 aromatic heterocycles. The van der Waals surface area contributed by atoms with Gasteiger partial charge in [0.2, 0.25) is 0 Å². The van der Waals surface area contributed by atoms with Crippen LogP contribution in [0.1, 0.15) is 33.6 Å². The fraction of sp³-hybridized carbons (Fsp3) is 0.385. The first kappa shape index (κ1) is 26.0. The number of halogens is 3. The number of ether oxygens (including phenoxy) is 3. The molecule has 0 saturated heterocycles. The Hall–Kier alpha value is -2.06. The predicted octanol–water partition coefficient (Wildman–Crippen LogP) is 7.05. The molecule has 35 heavy (non-hydrogen) atoms. The van der Waals surface area contributed by atoms with E-state index in [9.17, 15) is 9.59 Å². The topological polar surface area (TPSA) is 75.0 Å². The van der Waals surface area contributed by atoms with Crippen molar-refractivity contribution in [1.29, 1.82) is 0 Å². The molecule has 9 heteroatoms. The van der Waals surface area contributed by atoms with E-state index in [1.165, 1.54) is 6.07 Å². The molecule has 0 bridgehead atoms. The highest BCUT2D eigenvalue weighted by molar-refractivity contribution is 9.10. The first-order chi connectivity index (χ1) is 16.5. The molecule has 0 unspecified atom stereocenters. The van der Waals surface area contributed by atoms with Gasteiger partial charge in [-0.15, -0.1) is 0 Å². The summed E-state index contributed by atoms with van der Waals surface area (Å²) in [7, 11) is 0. The number of rotatable bonds is 7. The summed E-state index contributed by atoms with van der Waals surface area (Å²) in [5.41, 5.74) is 0.253. The van der Waals surface area contributed by atoms with Gasteiger partial charge in [-0.25, -0.2) is 0 Å². The zero-order valence-electron chi connectivity index (χ0n) is 19.5. The Kier molecular flexibility index (Phi) is 7.81. The highest BCUT2D eigenvalue weighted by atomic mass is 79.9. The lowest BCUT2D eigenvalue weighted by atomic mass is 9.82. The molecular weight excluding hydrogens is 559 g/mol. The monoisotopic (exact) mass is 582 g/mol. The van der Waals surface area contributed by atoms with Gasteiger partial charge >= 0.3 is 5.97 Å². The Morgan fingerprint density at radius 2 is 1.86 bits per heavy atom. The van der Waals surface area contributed by atoms with Gasteiger partial charge in [-0.05, 0) is 79.9 Å². The van der Waals surface area contributed by atoms with Gasteiger partial charge in [0.05, 0.1) is 34.1 Å². The van der Waals surface area contributed by atoms with Gasteiger partial charge in [0, 0.05) is 16.1 Å². The minimum Gasteiger partial charge on any atom is -0.490 e. The summed E-state index contributed by atoms with van der Waals surface area (Å²) < 4.78 is 23.5. The largest absolute Gasteiger partial charge is 0.490 e. The first-order valence-corrected chi connectivity index (χ1v) is 12.8. The summed E-state index contributed by atoms with van der Waals surface area (Å²) in [6.07, 6.45) is 1.33. The van der Waals surface area contributed by atoms with E-state index >= 15 is 0 Å². The van der Waals surface area contributed by atoms with Crippen LogP contribution in [0.25, 0.3) is 22.3 Å². The van der Waals surface area contributed by atoms with Crippen LogP contribution in [0.2, 0.25) is 10.0 Å². The molecule has 6 nitrogen and oxygen atoms in total. The lowest BCUT2D eigenvalue weighted by molar-refractivity contribution is -0.169. The fourth-order valence-electron chi connectivity index (χ4n) is 3.72. The second kappa shape index (κ2) is 10.5. The Labute approximate surface area is 221 Å². The summed E-state index contributed by atoms with van der Waals surface area (Å²) in [5, 5.41) is 1.10. The lowest BCUT2D eigenvalue weighted by Crippen LogP contribution is -2.40. The highest BCUT2D eigenvalue weighted by Crippen LogP contribution is 2.35. The third-order valence-corrected chi connectivity index (χ3v) is 7.10. The SMILES string of the molecule is CC(C)(C)OC(=O)[C@H]1C[C@@H](OCCOc2ccc(-c3cc(=O)c4ccc(Br)c(Cl)c4o3)cc2Cl)C1. The maximum atomic E-state index is 12.5. The second-order valence-electron chi connectivity index (χ2n) is 9.40. The van der Waals surface area contributed by atoms with E-state index in [1.54, 1.807) is 30.3 Å². The van der Waals surface area contributed by atoms with E-state index in [0.717, 1.165) is 0 Å². The summed E-state index contributed by atoms with van der Waals surface area (Å²) >= 11 is 16.1. The minimum absolute atomic E-state index is 0.0247. The van der Waals surface area contributed by atoms with Crippen molar-refractivity contribution in [3.8, 4) is 17.1 Å². The summed E-state index contributed by atoms with van der Waals surface area (Å²) in [6, 6.07) is 9.93. The van der Waals surface area contributed by atoms with Crippen LogP contribution in [0, 0.1) is 5.92 Å². The lowest BCUT2D eigenvalue weighted by Gasteiger charge is -2.35. The Bertz CT molecular complexity index is 1310. The molecule has 0 spiro atoms. The number of carbonyl (C=O) groups is 1. The summed E-state index contributed by atoms with van der Waals surface area (Å²) in [6.45, 7) is 6.26. The molecule has 3 aromatic rings. The zero-order valence-corrected chi connectivity index (χ0v) is 22.6. The number of hydrogen-bond donors (Lipinski definition) is 0. The van der Waals surface area contributed by atoms with Crippen molar-refractivity contribution in [3.05, 3.63) is 61.1 Å². The van der Waals surface area contributed by atoms with Crippen LogP contribution in [-0.2, 0) is 14.3 Å². The van der Waals surface area contributed by atoms with Crippen molar-refractivity contribution >= 4 is 56.1 Å². The summed E-state index contributed by atoms with van der Waals surface area (Å²) in [4.78, 5) is 24.6. The fourth-order valence-corrected chi connectivity index (χ4v) is 4.47. The molecule has 0 radical (unpaired) electrons. The average Bonchev–Trinajstić information content (AvgIpc) is 2.74. The number of fused-ring (bicyclic) bond motifs is 1. The van der Waals surface area contributed by atoms with E-state index in [0.29, 0.717) is 68.6 Å². The normalized spacial score (nSPS) is 17.8. The van der Waals surface area contributed by atoms with Gasteiger partial charge in [0.15, 0.2) is 11.0 Å². The number of hydrogen-bond acceptors (Lipinski definition) is 6.